The van der Waals surface area contributed by atoms with E-state index in [1.165, 1.54) is 18.7 Å². The third-order valence-electron chi connectivity index (χ3n) is 4.51. The predicted molar refractivity (Wildman–Crippen MR) is 108 cm³/mol. The number of aromatic nitrogens is 3. The smallest absolute Gasteiger partial charge is 0.422 e. The first-order valence-electron chi connectivity index (χ1n) is 9.45. The highest BCUT2D eigenvalue weighted by Gasteiger charge is 2.30. The number of benzene rings is 2. The van der Waals surface area contributed by atoms with Gasteiger partial charge in [-0.05, 0) is 37.6 Å². The number of amides is 1. The maximum absolute atomic E-state index is 14.9. The third-order valence-corrected chi connectivity index (χ3v) is 4.51. The van der Waals surface area contributed by atoms with Crippen molar-refractivity contribution in [1.82, 2.24) is 14.8 Å². The Morgan fingerprint density at radius 1 is 1.28 bits per heavy atom. The van der Waals surface area contributed by atoms with Gasteiger partial charge in [0.15, 0.2) is 18.3 Å². The molecule has 0 fully saturated rings. The van der Waals surface area contributed by atoms with Crippen molar-refractivity contribution in [3.63, 3.8) is 0 Å². The van der Waals surface area contributed by atoms with Gasteiger partial charge in [-0.15, -0.1) is 0 Å². The van der Waals surface area contributed by atoms with Crippen LogP contribution in [0.2, 0.25) is 0 Å². The molecule has 0 bridgehead atoms. The van der Waals surface area contributed by atoms with Crippen molar-refractivity contribution in [2.45, 2.75) is 26.1 Å². The zero-order chi connectivity index (χ0) is 23.6. The van der Waals surface area contributed by atoms with E-state index in [-0.39, 0.29) is 17.2 Å². The van der Waals surface area contributed by atoms with Crippen molar-refractivity contribution in [3.05, 3.63) is 59.2 Å². The number of carbonyl (C=O) groups is 1. The first-order chi connectivity index (χ1) is 15.0. The number of halogens is 4. The van der Waals surface area contributed by atoms with Crippen molar-refractivity contribution >= 4 is 11.6 Å². The summed E-state index contributed by atoms with van der Waals surface area (Å²) in [5, 5.41) is 16.3. The number of ether oxygens (including phenoxy) is 1. The van der Waals surface area contributed by atoms with Crippen LogP contribution in [0.1, 0.15) is 34.8 Å². The molecule has 1 heterocycles. The molecule has 3 aromatic rings. The molecule has 11 heteroatoms. The molecule has 3 rings (SSSR count). The first kappa shape index (κ1) is 23.2. The summed E-state index contributed by atoms with van der Waals surface area (Å²) in [5.74, 6) is -2.33. The van der Waals surface area contributed by atoms with Crippen molar-refractivity contribution in [3.8, 4) is 17.1 Å². The molecular weight excluding hydrogens is 432 g/mol. The fourth-order valence-corrected chi connectivity index (χ4v) is 2.96. The highest BCUT2D eigenvalue weighted by Crippen LogP contribution is 2.31. The van der Waals surface area contributed by atoms with Crippen LogP contribution in [0, 0.1) is 12.7 Å². The van der Waals surface area contributed by atoms with Gasteiger partial charge in [0.25, 0.3) is 5.91 Å². The second-order valence-electron chi connectivity index (χ2n) is 7.09. The molecule has 1 amide bonds. The molecule has 1 aromatic heterocycles. The average Bonchev–Trinajstić information content (AvgIpc) is 3.09. The molecule has 1 unspecified atom stereocenters. The second-order valence-corrected chi connectivity index (χ2v) is 7.09. The summed E-state index contributed by atoms with van der Waals surface area (Å²) < 4.78 is 59.2. The number of aliphatic hydroxyl groups is 1. The average molecular weight is 452 g/mol. The summed E-state index contributed by atoms with van der Waals surface area (Å²) >= 11 is 0. The molecule has 2 N–H and O–H groups in total. The van der Waals surface area contributed by atoms with Crippen LogP contribution in [0.15, 0.2) is 36.4 Å². The van der Waals surface area contributed by atoms with E-state index < -0.39 is 41.9 Å². The summed E-state index contributed by atoms with van der Waals surface area (Å²) in [6.45, 7) is 1.48. The van der Waals surface area contributed by atoms with Gasteiger partial charge >= 0.3 is 6.18 Å². The molecule has 170 valence electrons. The molecule has 0 aliphatic heterocycles. The zero-order valence-electron chi connectivity index (χ0n) is 17.4. The number of carbonyl (C=O) groups excluding carboxylic acids is 1. The third kappa shape index (κ3) is 5.22. The normalized spacial score (nSPS) is 12.5. The number of hydrogen-bond acceptors (Lipinski definition) is 5. The number of anilines is 1. The minimum absolute atomic E-state index is 0.124. The molecule has 2 aromatic carbocycles. The Balaban J connectivity index is 2.04. The molecule has 32 heavy (non-hydrogen) atoms. The predicted octanol–water partition coefficient (Wildman–Crippen LogP) is 4.18. The summed E-state index contributed by atoms with van der Waals surface area (Å²) in [5.41, 5.74) is 0.415. The summed E-state index contributed by atoms with van der Waals surface area (Å²) in [4.78, 5) is 16.8. The molecule has 0 aliphatic carbocycles. The Morgan fingerprint density at radius 3 is 2.56 bits per heavy atom. The summed E-state index contributed by atoms with van der Waals surface area (Å²) in [6, 6.07) is 8.46. The van der Waals surface area contributed by atoms with Crippen LogP contribution in [0.4, 0.5) is 23.2 Å². The lowest BCUT2D eigenvalue weighted by Crippen LogP contribution is -2.21. The van der Waals surface area contributed by atoms with Gasteiger partial charge in [0.05, 0.1) is 11.1 Å². The van der Waals surface area contributed by atoms with E-state index in [2.05, 4.69) is 15.4 Å². The van der Waals surface area contributed by atoms with E-state index in [1.807, 2.05) is 0 Å². The topological polar surface area (TPSA) is 89.3 Å². The maximum atomic E-state index is 14.9. The minimum atomic E-state index is -4.68. The quantitative estimate of drug-likeness (QED) is 0.548. The molecule has 0 spiro atoms. The standard InChI is InChI=1S/C21H20F4N4O3/c1-11-6-4-5-7-16(11)26-20(31)14-8-15(22)13(9-17(14)32-10-21(23,24)25)18-27-19(12(2)30)29(3)28-18/h4-9,12,30H,10H2,1-3H3,(H,26,31). The van der Waals surface area contributed by atoms with Crippen molar-refractivity contribution in [2.75, 3.05) is 11.9 Å². The SMILES string of the molecule is Cc1ccccc1NC(=O)c1cc(F)c(-c2nc(C(C)O)n(C)n2)cc1OCC(F)(F)F. The Hall–Kier alpha value is -3.47. The number of hydrogen-bond donors (Lipinski definition) is 2. The van der Waals surface area contributed by atoms with E-state index in [0.29, 0.717) is 11.3 Å². The van der Waals surface area contributed by atoms with Crippen LogP contribution in [0.25, 0.3) is 11.4 Å². The van der Waals surface area contributed by atoms with Crippen LogP contribution in [0.3, 0.4) is 0 Å². The van der Waals surface area contributed by atoms with Gasteiger partial charge in [0.2, 0.25) is 0 Å². The number of aliphatic hydroxyl groups excluding tert-OH is 1. The Labute approximate surface area is 180 Å². The van der Waals surface area contributed by atoms with Crippen LogP contribution < -0.4 is 10.1 Å². The molecule has 7 nitrogen and oxygen atoms in total. The van der Waals surface area contributed by atoms with Gasteiger partial charge in [-0.25, -0.2) is 9.37 Å². The molecule has 0 radical (unpaired) electrons. The fraction of sp³-hybridized carbons (Fsp3) is 0.286. The minimum Gasteiger partial charge on any atom is -0.483 e. The number of para-hydroxylation sites is 1. The number of rotatable bonds is 6. The van der Waals surface area contributed by atoms with Crippen LogP contribution in [-0.4, -0.2) is 38.6 Å². The molecule has 0 saturated carbocycles. The van der Waals surface area contributed by atoms with E-state index >= 15 is 0 Å². The van der Waals surface area contributed by atoms with Crippen molar-refractivity contribution < 1.29 is 32.2 Å². The number of aryl methyl sites for hydroxylation is 2. The van der Waals surface area contributed by atoms with Crippen LogP contribution in [-0.2, 0) is 7.05 Å². The van der Waals surface area contributed by atoms with Crippen LogP contribution in [0.5, 0.6) is 5.75 Å². The van der Waals surface area contributed by atoms with Gasteiger partial charge in [-0.3, -0.25) is 9.48 Å². The van der Waals surface area contributed by atoms with Gasteiger partial charge in [0, 0.05) is 12.7 Å². The fourth-order valence-electron chi connectivity index (χ4n) is 2.96. The van der Waals surface area contributed by atoms with Gasteiger partial charge in [0.1, 0.15) is 17.7 Å². The van der Waals surface area contributed by atoms with E-state index in [0.717, 1.165) is 12.1 Å². The van der Waals surface area contributed by atoms with Gasteiger partial charge < -0.3 is 15.2 Å². The Morgan fingerprint density at radius 2 is 1.97 bits per heavy atom. The number of alkyl halides is 3. The van der Waals surface area contributed by atoms with Crippen LogP contribution >= 0.6 is 0 Å². The lowest BCUT2D eigenvalue weighted by Gasteiger charge is -2.15. The Kier molecular flexibility index (Phi) is 6.49. The highest BCUT2D eigenvalue weighted by atomic mass is 19.4. The van der Waals surface area contributed by atoms with E-state index in [1.54, 1.807) is 31.2 Å². The number of nitrogens with one attached hydrogen (secondary N) is 1. The largest absolute Gasteiger partial charge is 0.483 e. The highest BCUT2D eigenvalue weighted by molar-refractivity contribution is 6.06. The lowest BCUT2D eigenvalue weighted by molar-refractivity contribution is -0.153. The monoisotopic (exact) mass is 452 g/mol. The van der Waals surface area contributed by atoms with Gasteiger partial charge in [-0.1, -0.05) is 18.2 Å². The molecule has 0 aliphatic rings. The maximum Gasteiger partial charge on any atom is 0.422 e. The van der Waals surface area contributed by atoms with Gasteiger partial charge in [-0.2, -0.15) is 18.3 Å². The number of nitrogens with zero attached hydrogens (tertiary/aromatic N) is 3. The van der Waals surface area contributed by atoms with E-state index in [9.17, 15) is 27.5 Å². The molecule has 1 atom stereocenters. The first-order valence-corrected chi connectivity index (χ1v) is 9.45. The molecular formula is C21H20F4N4O3. The summed E-state index contributed by atoms with van der Waals surface area (Å²) in [7, 11) is 1.47. The van der Waals surface area contributed by atoms with Crippen molar-refractivity contribution in [1.29, 1.82) is 0 Å². The lowest BCUT2D eigenvalue weighted by atomic mass is 10.1. The van der Waals surface area contributed by atoms with Crippen molar-refractivity contribution in [2.24, 2.45) is 7.05 Å². The second kappa shape index (κ2) is 8.95. The Bertz CT molecular complexity index is 1140. The van der Waals surface area contributed by atoms with E-state index in [4.69, 9.17) is 4.74 Å². The zero-order valence-corrected chi connectivity index (χ0v) is 17.4. The summed E-state index contributed by atoms with van der Waals surface area (Å²) in [6.07, 6.45) is -5.69. The molecule has 0 saturated heterocycles.